The first-order valence-corrected chi connectivity index (χ1v) is 18.5. The Hall–Kier alpha value is -7.70. The summed E-state index contributed by atoms with van der Waals surface area (Å²) in [4.78, 5) is 21.4. The number of rotatable bonds is 10. The smallest absolute Gasteiger partial charge is 0.0463 e. The Morgan fingerprint density at radius 3 is 0.500 bits per heavy atom. The van der Waals surface area contributed by atoms with Gasteiger partial charge in [0.1, 0.15) is 0 Å². The number of anilines is 6. The fourth-order valence-corrected chi connectivity index (χ4v) is 7.03. The highest BCUT2D eigenvalue weighted by Gasteiger charge is 2.17. The minimum Gasteiger partial charge on any atom is -0.311 e. The van der Waals surface area contributed by atoms with E-state index < -0.39 is 0 Å². The third-order valence-corrected chi connectivity index (χ3v) is 9.92. The van der Waals surface area contributed by atoms with E-state index in [0.29, 0.717) is 0 Å². The number of hydrogen-bond donors (Lipinski definition) is 0. The van der Waals surface area contributed by atoms with Crippen molar-refractivity contribution in [3.8, 4) is 44.5 Å². The molecule has 0 unspecified atom stereocenters. The van der Waals surface area contributed by atoms with Crippen molar-refractivity contribution in [1.29, 1.82) is 0 Å². The van der Waals surface area contributed by atoms with E-state index in [1.54, 1.807) is 0 Å². The second-order valence-electron chi connectivity index (χ2n) is 13.3. The first kappa shape index (κ1) is 34.1. The van der Waals surface area contributed by atoms with Crippen LogP contribution in [0, 0.1) is 0 Å². The van der Waals surface area contributed by atoms with Crippen LogP contribution in [0.25, 0.3) is 44.5 Å². The van der Waals surface area contributed by atoms with E-state index in [4.69, 9.17) is 0 Å². The van der Waals surface area contributed by atoms with Gasteiger partial charge in [-0.1, -0.05) is 48.5 Å². The highest BCUT2D eigenvalue weighted by atomic mass is 15.2. The van der Waals surface area contributed by atoms with Crippen molar-refractivity contribution in [2.75, 3.05) is 9.80 Å². The molecule has 0 aliphatic rings. The number of benzene rings is 5. The van der Waals surface area contributed by atoms with Gasteiger partial charge >= 0.3 is 0 Å². The van der Waals surface area contributed by atoms with Crippen LogP contribution in [0.15, 0.2) is 219 Å². The van der Waals surface area contributed by atoms with Crippen LogP contribution in [0.1, 0.15) is 0 Å². The quantitative estimate of drug-likeness (QED) is 0.140. The lowest BCUT2D eigenvalue weighted by Crippen LogP contribution is -2.12. The predicted octanol–water partition coefficient (Wildman–Crippen LogP) is 12.9. The van der Waals surface area contributed by atoms with Crippen LogP contribution in [0.5, 0.6) is 0 Å². The number of pyridine rings is 4. The summed E-state index contributed by atoms with van der Waals surface area (Å²) >= 11 is 0. The molecule has 6 heteroatoms. The van der Waals surface area contributed by atoms with Gasteiger partial charge in [0.05, 0.1) is 0 Å². The Morgan fingerprint density at radius 1 is 0.179 bits per heavy atom. The molecular formula is C50H36N6. The zero-order valence-corrected chi connectivity index (χ0v) is 30.5. The molecule has 56 heavy (non-hydrogen) atoms. The molecule has 0 amide bonds. The molecule has 9 aromatic rings. The van der Waals surface area contributed by atoms with Gasteiger partial charge in [0, 0.05) is 83.7 Å². The van der Waals surface area contributed by atoms with Crippen LogP contribution in [-0.4, -0.2) is 19.9 Å². The van der Waals surface area contributed by atoms with Crippen molar-refractivity contribution < 1.29 is 0 Å². The van der Waals surface area contributed by atoms with Crippen LogP contribution in [-0.2, 0) is 0 Å². The summed E-state index contributed by atoms with van der Waals surface area (Å²) in [7, 11) is 0. The van der Waals surface area contributed by atoms with Crippen molar-refractivity contribution in [1.82, 2.24) is 19.9 Å². The molecule has 0 aliphatic carbocycles. The summed E-state index contributed by atoms with van der Waals surface area (Å²) in [6, 6.07) is 59.9. The Balaban J connectivity index is 1.10. The minimum absolute atomic E-state index is 1.04. The van der Waals surface area contributed by atoms with Gasteiger partial charge in [0.2, 0.25) is 0 Å². The van der Waals surface area contributed by atoms with Gasteiger partial charge in [-0.15, -0.1) is 0 Å². The summed E-state index contributed by atoms with van der Waals surface area (Å²) in [6.07, 6.45) is 14.6. The van der Waals surface area contributed by atoms with Crippen molar-refractivity contribution in [3.63, 3.8) is 0 Å². The maximum atomic E-state index is 4.20. The highest BCUT2D eigenvalue weighted by Crippen LogP contribution is 2.41. The van der Waals surface area contributed by atoms with E-state index in [1.807, 2.05) is 98.1 Å². The molecule has 266 valence electrons. The lowest BCUT2D eigenvalue weighted by atomic mass is 10.0. The fraction of sp³-hybridized carbons (Fsp3) is 0. The van der Waals surface area contributed by atoms with Crippen molar-refractivity contribution in [2.45, 2.75) is 0 Å². The third kappa shape index (κ3) is 7.27. The predicted molar refractivity (Wildman–Crippen MR) is 229 cm³/mol. The van der Waals surface area contributed by atoms with E-state index in [2.05, 4.69) is 151 Å². The van der Waals surface area contributed by atoms with Crippen molar-refractivity contribution >= 4 is 34.1 Å². The standard InChI is InChI=1S/C50H36N6/c1-9-45(10-2-37(1)41-21-29-51-30-22-41)55(46-11-3-38(4-12-46)42-23-31-52-32-24-42)49-17-19-50(20-18-49)56(47-13-5-39(6-14-47)43-25-33-53-34-26-43)48-15-7-40(8-16-48)44-27-35-54-36-28-44/h1-36H. The van der Waals surface area contributed by atoms with E-state index in [1.165, 1.54) is 0 Å². The van der Waals surface area contributed by atoms with Gasteiger partial charge < -0.3 is 9.80 Å². The molecule has 9 rings (SSSR count). The van der Waals surface area contributed by atoms with E-state index in [-0.39, 0.29) is 0 Å². The molecule has 4 aromatic heterocycles. The zero-order chi connectivity index (χ0) is 37.5. The van der Waals surface area contributed by atoms with Gasteiger partial charge in [-0.2, -0.15) is 0 Å². The number of aromatic nitrogens is 4. The molecule has 5 aromatic carbocycles. The van der Waals surface area contributed by atoms with Crippen LogP contribution >= 0.6 is 0 Å². The van der Waals surface area contributed by atoms with Crippen LogP contribution in [0.4, 0.5) is 34.1 Å². The molecular weight excluding hydrogens is 685 g/mol. The van der Waals surface area contributed by atoms with E-state index in [9.17, 15) is 0 Å². The Bertz CT molecular complexity index is 2260. The molecule has 0 radical (unpaired) electrons. The van der Waals surface area contributed by atoms with Gasteiger partial charge in [-0.3, -0.25) is 19.9 Å². The van der Waals surface area contributed by atoms with Crippen LogP contribution in [0.3, 0.4) is 0 Å². The highest BCUT2D eigenvalue weighted by molar-refractivity contribution is 5.84. The minimum atomic E-state index is 1.04. The Morgan fingerprint density at radius 2 is 0.321 bits per heavy atom. The zero-order valence-electron chi connectivity index (χ0n) is 30.5. The van der Waals surface area contributed by atoms with Gasteiger partial charge in [0.25, 0.3) is 0 Å². The number of nitrogens with zero attached hydrogens (tertiary/aromatic N) is 6. The fourth-order valence-electron chi connectivity index (χ4n) is 7.03. The molecule has 0 fully saturated rings. The summed E-state index contributed by atoms with van der Waals surface area (Å²) in [5, 5.41) is 0. The lowest BCUT2D eigenvalue weighted by molar-refractivity contribution is 1.25. The normalized spacial score (nSPS) is 10.9. The largest absolute Gasteiger partial charge is 0.311 e. The molecule has 0 spiro atoms. The molecule has 0 saturated carbocycles. The first-order valence-electron chi connectivity index (χ1n) is 18.5. The van der Waals surface area contributed by atoms with Crippen LogP contribution < -0.4 is 9.80 Å². The monoisotopic (exact) mass is 720 g/mol. The molecule has 4 heterocycles. The molecule has 6 nitrogen and oxygen atoms in total. The molecule has 0 N–H and O–H groups in total. The Labute approximate surface area is 326 Å². The third-order valence-electron chi connectivity index (χ3n) is 9.92. The lowest BCUT2D eigenvalue weighted by Gasteiger charge is -2.29. The average Bonchev–Trinajstić information content (AvgIpc) is 3.29. The molecule has 0 bridgehead atoms. The molecule has 0 saturated heterocycles. The average molecular weight is 721 g/mol. The second kappa shape index (κ2) is 15.7. The summed E-state index contributed by atoms with van der Waals surface area (Å²) in [6.45, 7) is 0. The summed E-state index contributed by atoms with van der Waals surface area (Å²) in [5.41, 5.74) is 15.4. The van der Waals surface area contributed by atoms with E-state index in [0.717, 1.165) is 78.6 Å². The van der Waals surface area contributed by atoms with Gasteiger partial charge in [0.15, 0.2) is 0 Å². The Kier molecular flexibility index (Phi) is 9.57. The maximum absolute atomic E-state index is 4.20. The topological polar surface area (TPSA) is 58.0 Å². The van der Waals surface area contributed by atoms with Gasteiger partial charge in [-0.25, -0.2) is 0 Å². The SMILES string of the molecule is c1cc(-c2ccc(N(c3ccc(-c4ccncc4)cc3)c3ccc(N(c4ccc(-c5ccncc5)cc4)c4ccc(-c5ccncc5)cc4)cc3)cc2)ccn1. The molecule has 0 aliphatic heterocycles. The molecule has 0 atom stereocenters. The van der Waals surface area contributed by atoms with E-state index >= 15 is 0 Å². The first-order chi connectivity index (χ1) is 27.8. The summed E-state index contributed by atoms with van der Waals surface area (Å²) in [5.74, 6) is 0. The summed E-state index contributed by atoms with van der Waals surface area (Å²) < 4.78 is 0. The van der Waals surface area contributed by atoms with Crippen LogP contribution in [0.2, 0.25) is 0 Å². The number of hydrogen-bond acceptors (Lipinski definition) is 6. The maximum Gasteiger partial charge on any atom is 0.0463 e. The van der Waals surface area contributed by atoms with Crippen molar-refractivity contribution in [2.24, 2.45) is 0 Å². The second-order valence-corrected chi connectivity index (χ2v) is 13.3. The van der Waals surface area contributed by atoms with Gasteiger partial charge in [-0.05, 0) is 166 Å². The van der Waals surface area contributed by atoms with Crippen molar-refractivity contribution in [3.05, 3.63) is 219 Å².